The van der Waals surface area contributed by atoms with Crippen LogP contribution in [0.25, 0.3) is 0 Å². The van der Waals surface area contributed by atoms with Crippen LogP contribution in [0, 0.1) is 0 Å². The summed E-state index contributed by atoms with van der Waals surface area (Å²) in [5.41, 5.74) is 7.17. The third kappa shape index (κ3) is 5.07. The number of benzene rings is 1. The number of ether oxygens (including phenoxy) is 2. The maximum absolute atomic E-state index is 6.08. The Bertz CT molecular complexity index is 324. The molecule has 1 aromatic carbocycles. The Morgan fingerprint density at radius 1 is 1.17 bits per heavy atom. The molecule has 0 heterocycles. The predicted octanol–water partition coefficient (Wildman–Crippen LogP) is 3.29. The van der Waals surface area contributed by atoms with Crippen molar-refractivity contribution in [3.63, 3.8) is 0 Å². The Kier molecular flexibility index (Phi) is 6.76. The van der Waals surface area contributed by atoms with E-state index >= 15 is 0 Å². The van der Waals surface area contributed by atoms with Gasteiger partial charge < -0.3 is 15.2 Å². The highest BCUT2D eigenvalue weighted by atomic mass is 16.5. The largest absolute Gasteiger partial charge is 0.494 e. The first kappa shape index (κ1) is 15.0. The zero-order valence-electron chi connectivity index (χ0n) is 11.7. The first-order valence-corrected chi connectivity index (χ1v) is 6.77. The molecule has 0 radical (unpaired) electrons. The molecule has 1 rings (SSSR count). The van der Waals surface area contributed by atoms with Gasteiger partial charge in [-0.15, -0.1) is 0 Å². The highest BCUT2D eigenvalue weighted by Gasteiger charge is 2.08. The summed E-state index contributed by atoms with van der Waals surface area (Å²) in [6.07, 6.45) is 2.30. The minimum absolute atomic E-state index is 0.0702. The van der Waals surface area contributed by atoms with E-state index < -0.39 is 0 Å². The van der Waals surface area contributed by atoms with Crippen LogP contribution in [0.2, 0.25) is 0 Å². The zero-order valence-corrected chi connectivity index (χ0v) is 11.7. The average Bonchev–Trinajstić information content (AvgIpc) is 2.42. The molecule has 0 spiro atoms. The smallest absolute Gasteiger partial charge is 0.119 e. The second-order valence-electron chi connectivity index (χ2n) is 4.58. The van der Waals surface area contributed by atoms with Gasteiger partial charge in [-0.2, -0.15) is 0 Å². The molecule has 18 heavy (non-hydrogen) atoms. The minimum atomic E-state index is -0.0702. The van der Waals surface area contributed by atoms with Crippen molar-refractivity contribution in [3.8, 4) is 5.75 Å². The zero-order chi connectivity index (χ0) is 13.4. The first-order valence-electron chi connectivity index (χ1n) is 6.77. The van der Waals surface area contributed by atoms with E-state index in [1.54, 1.807) is 0 Å². The topological polar surface area (TPSA) is 44.5 Å². The summed E-state index contributed by atoms with van der Waals surface area (Å²) in [4.78, 5) is 0. The molecule has 1 aromatic rings. The molecule has 0 fully saturated rings. The Hall–Kier alpha value is -1.06. The fourth-order valence-corrected chi connectivity index (χ4v) is 1.51. The van der Waals surface area contributed by atoms with Crippen molar-refractivity contribution < 1.29 is 9.47 Å². The summed E-state index contributed by atoms with van der Waals surface area (Å²) < 4.78 is 11.2. The monoisotopic (exact) mass is 251 g/mol. The summed E-state index contributed by atoms with van der Waals surface area (Å²) >= 11 is 0. The van der Waals surface area contributed by atoms with Crippen LogP contribution in [0.15, 0.2) is 24.3 Å². The Morgan fingerprint density at radius 2 is 1.83 bits per heavy atom. The van der Waals surface area contributed by atoms with Crippen LogP contribution >= 0.6 is 0 Å². The minimum Gasteiger partial charge on any atom is -0.494 e. The quantitative estimate of drug-likeness (QED) is 0.771. The third-order valence-electron chi connectivity index (χ3n) is 2.92. The molecule has 3 nitrogen and oxygen atoms in total. The lowest BCUT2D eigenvalue weighted by atomic mass is 10.1. The maximum atomic E-state index is 6.08. The van der Waals surface area contributed by atoms with Gasteiger partial charge in [0, 0.05) is 0 Å². The number of hydrogen-bond acceptors (Lipinski definition) is 3. The number of rotatable bonds is 8. The van der Waals surface area contributed by atoms with Gasteiger partial charge in [-0.1, -0.05) is 26.0 Å². The second kappa shape index (κ2) is 8.11. The molecule has 102 valence electrons. The van der Waals surface area contributed by atoms with Crippen LogP contribution in [-0.2, 0) is 4.74 Å². The van der Waals surface area contributed by atoms with E-state index in [4.69, 9.17) is 15.2 Å². The number of hydrogen-bond donors (Lipinski definition) is 1. The fraction of sp³-hybridized carbons (Fsp3) is 0.600. The molecule has 0 bridgehead atoms. The van der Waals surface area contributed by atoms with Crippen molar-refractivity contribution in [2.75, 3.05) is 13.2 Å². The normalized spacial score (nSPS) is 14.2. The van der Waals surface area contributed by atoms with Gasteiger partial charge in [0.15, 0.2) is 0 Å². The van der Waals surface area contributed by atoms with Crippen LogP contribution in [-0.4, -0.2) is 19.3 Å². The highest BCUT2D eigenvalue weighted by molar-refractivity contribution is 5.29. The first-order chi connectivity index (χ1) is 8.67. The van der Waals surface area contributed by atoms with E-state index in [1.807, 2.05) is 24.3 Å². The summed E-state index contributed by atoms with van der Waals surface area (Å²) in [5.74, 6) is 0.899. The van der Waals surface area contributed by atoms with Crippen molar-refractivity contribution in [2.24, 2.45) is 5.73 Å². The van der Waals surface area contributed by atoms with Gasteiger partial charge in [-0.3, -0.25) is 0 Å². The van der Waals surface area contributed by atoms with Crippen LogP contribution in [0.3, 0.4) is 0 Å². The van der Waals surface area contributed by atoms with E-state index in [0.29, 0.717) is 6.61 Å². The molecule has 2 N–H and O–H groups in total. The van der Waals surface area contributed by atoms with Crippen LogP contribution in [0.5, 0.6) is 5.75 Å². The standard InChI is InChI=1S/C15H25NO2/c1-4-10-17-14-8-6-13(7-9-14)15(16)11-18-12(3)5-2/h6-9,12,15H,4-5,10-11,16H2,1-3H3. The number of nitrogens with two attached hydrogens (primary N) is 1. The van der Waals surface area contributed by atoms with Gasteiger partial charge in [0.1, 0.15) is 5.75 Å². The van der Waals surface area contributed by atoms with Gasteiger partial charge in [-0.25, -0.2) is 0 Å². The molecule has 0 saturated carbocycles. The van der Waals surface area contributed by atoms with Crippen molar-refractivity contribution in [3.05, 3.63) is 29.8 Å². The van der Waals surface area contributed by atoms with Crippen LogP contribution in [0.4, 0.5) is 0 Å². The molecule has 0 amide bonds. The van der Waals surface area contributed by atoms with Crippen LogP contribution in [0.1, 0.15) is 45.2 Å². The average molecular weight is 251 g/mol. The van der Waals surface area contributed by atoms with E-state index in [9.17, 15) is 0 Å². The second-order valence-corrected chi connectivity index (χ2v) is 4.58. The molecular formula is C15H25NO2. The fourth-order valence-electron chi connectivity index (χ4n) is 1.51. The molecular weight excluding hydrogens is 226 g/mol. The lowest BCUT2D eigenvalue weighted by molar-refractivity contribution is 0.0539. The lowest BCUT2D eigenvalue weighted by Crippen LogP contribution is -2.20. The summed E-state index contributed by atoms with van der Waals surface area (Å²) in [7, 11) is 0. The van der Waals surface area contributed by atoms with Crippen LogP contribution < -0.4 is 10.5 Å². The molecule has 0 saturated heterocycles. The van der Waals surface area contributed by atoms with Gasteiger partial charge >= 0.3 is 0 Å². The predicted molar refractivity (Wildman–Crippen MR) is 74.9 cm³/mol. The Labute approximate surface area is 110 Å². The van der Waals surface area contributed by atoms with E-state index in [-0.39, 0.29) is 12.1 Å². The molecule has 0 aliphatic heterocycles. The molecule has 2 unspecified atom stereocenters. The Morgan fingerprint density at radius 3 is 2.39 bits per heavy atom. The van der Waals surface area contributed by atoms with E-state index in [0.717, 1.165) is 30.8 Å². The van der Waals surface area contributed by atoms with Gasteiger partial charge in [0.2, 0.25) is 0 Å². The lowest BCUT2D eigenvalue weighted by Gasteiger charge is -2.16. The van der Waals surface area contributed by atoms with Crippen molar-refractivity contribution >= 4 is 0 Å². The third-order valence-corrected chi connectivity index (χ3v) is 2.92. The van der Waals surface area contributed by atoms with Crippen molar-refractivity contribution in [1.29, 1.82) is 0 Å². The molecule has 0 aliphatic carbocycles. The molecule has 0 aliphatic rings. The maximum Gasteiger partial charge on any atom is 0.119 e. The molecule has 2 atom stereocenters. The van der Waals surface area contributed by atoms with Crippen molar-refractivity contribution in [1.82, 2.24) is 0 Å². The summed E-state index contributed by atoms with van der Waals surface area (Å²) in [6, 6.07) is 7.88. The Balaban J connectivity index is 2.45. The van der Waals surface area contributed by atoms with E-state index in [1.165, 1.54) is 0 Å². The SMILES string of the molecule is CCCOc1ccc(C(N)COC(C)CC)cc1. The molecule has 0 aromatic heterocycles. The van der Waals surface area contributed by atoms with E-state index in [2.05, 4.69) is 20.8 Å². The summed E-state index contributed by atoms with van der Waals surface area (Å²) in [5, 5.41) is 0. The van der Waals surface area contributed by atoms with Crippen molar-refractivity contribution in [2.45, 2.75) is 45.8 Å². The summed E-state index contributed by atoms with van der Waals surface area (Å²) in [6.45, 7) is 7.58. The van der Waals surface area contributed by atoms with Gasteiger partial charge in [0.05, 0.1) is 25.4 Å². The molecule has 3 heteroatoms. The highest BCUT2D eigenvalue weighted by Crippen LogP contribution is 2.17. The van der Waals surface area contributed by atoms with Gasteiger partial charge in [0.25, 0.3) is 0 Å². The van der Waals surface area contributed by atoms with Gasteiger partial charge in [-0.05, 0) is 37.5 Å².